The third-order valence-corrected chi connectivity index (χ3v) is 2.38. The second-order valence-electron chi connectivity index (χ2n) is 3.73. The zero-order valence-corrected chi connectivity index (χ0v) is 9.45. The van der Waals surface area contributed by atoms with Crippen molar-refractivity contribution in [2.45, 2.75) is 33.4 Å². The molecule has 0 saturated carbocycles. The molecule has 0 bridgehead atoms. The molecule has 0 aliphatic heterocycles. The number of hydrogen-bond acceptors (Lipinski definition) is 1. The third-order valence-electron chi connectivity index (χ3n) is 2.03. The van der Waals surface area contributed by atoms with E-state index in [1.165, 1.54) is 6.07 Å². The number of aryl methyl sites for hydroxylation is 1. The quantitative estimate of drug-likeness (QED) is 0.816. The number of benzene rings is 1. The maximum absolute atomic E-state index is 13.2. The Kier molecular flexibility index (Phi) is 3.90. The molecule has 1 nitrogen and oxygen atoms in total. The SMILES string of the molecule is Cc1cc(Cl)c(CNC(C)C)cc1F. The molecule has 0 spiro atoms. The van der Waals surface area contributed by atoms with Crippen molar-refractivity contribution < 1.29 is 4.39 Å². The zero-order valence-electron chi connectivity index (χ0n) is 8.70. The Bertz CT molecular complexity index is 323. The van der Waals surface area contributed by atoms with Gasteiger partial charge in [-0.15, -0.1) is 0 Å². The summed E-state index contributed by atoms with van der Waals surface area (Å²) in [5.74, 6) is -0.199. The summed E-state index contributed by atoms with van der Waals surface area (Å²) in [6, 6.07) is 3.52. The van der Waals surface area contributed by atoms with E-state index < -0.39 is 0 Å². The second-order valence-corrected chi connectivity index (χ2v) is 4.14. The fraction of sp³-hybridized carbons (Fsp3) is 0.455. The Morgan fingerprint density at radius 3 is 2.64 bits per heavy atom. The summed E-state index contributed by atoms with van der Waals surface area (Å²) in [6.45, 7) is 6.39. The van der Waals surface area contributed by atoms with Crippen LogP contribution < -0.4 is 5.32 Å². The predicted octanol–water partition coefficient (Wildman–Crippen LogP) is 3.29. The van der Waals surface area contributed by atoms with E-state index in [0.29, 0.717) is 23.2 Å². The van der Waals surface area contributed by atoms with Gasteiger partial charge >= 0.3 is 0 Å². The van der Waals surface area contributed by atoms with Crippen LogP contribution in [0.25, 0.3) is 0 Å². The standard InChI is InChI=1S/C11H15ClFN/c1-7(2)14-6-9-5-11(13)8(3)4-10(9)12/h4-5,7,14H,6H2,1-3H3. The van der Waals surface area contributed by atoms with Crippen LogP contribution >= 0.6 is 11.6 Å². The van der Waals surface area contributed by atoms with E-state index in [1.54, 1.807) is 13.0 Å². The van der Waals surface area contributed by atoms with Crippen molar-refractivity contribution in [3.05, 3.63) is 34.1 Å². The number of nitrogens with one attached hydrogen (secondary N) is 1. The Hall–Kier alpha value is -0.600. The molecular weight excluding hydrogens is 201 g/mol. The first-order chi connectivity index (χ1) is 6.50. The van der Waals surface area contributed by atoms with E-state index in [1.807, 2.05) is 13.8 Å². The van der Waals surface area contributed by atoms with Crippen molar-refractivity contribution >= 4 is 11.6 Å². The molecule has 3 heteroatoms. The van der Waals surface area contributed by atoms with E-state index in [2.05, 4.69) is 5.32 Å². The smallest absolute Gasteiger partial charge is 0.126 e. The molecule has 0 saturated heterocycles. The number of hydrogen-bond donors (Lipinski definition) is 1. The molecule has 0 fully saturated rings. The van der Waals surface area contributed by atoms with E-state index in [4.69, 9.17) is 11.6 Å². The van der Waals surface area contributed by atoms with Crippen LogP contribution in [0.1, 0.15) is 25.0 Å². The van der Waals surface area contributed by atoms with Crippen LogP contribution in [-0.2, 0) is 6.54 Å². The largest absolute Gasteiger partial charge is 0.310 e. The Balaban J connectivity index is 2.82. The van der Waals surface area contributed by atoms with E-state index in [0.717, 1.165) is 5.56 Å². The lowest BCUT2D eigenvalue weighted by Gasteiger charge is -2.10. The van der Waals surface area contributed by atoms with Gasteiger partial charge in [-0.1, -0.05) is 25.4 Å². The first-order valence-corrected chi connectivity index (χ1v) is 5.06. The average Bonchev–Trinajstić information content (AvgIpc) is 2.09. The molecule has 0 aliphatic rings. The van der Waals surface area contributed by atoms with Gasteiger partial charge in [-0.25, -0.2) is 4.39 Å². The first kappa shape index (κ1) is 11.5. The van der Waals surface area contributed by atoms with Crippen LogP contribution in [0.4, 0.5) is 4.39 Å². The molecule has 1 aromatic rings. The zero-order chi connectivity index (χ0) is 10.7. The van der Waals surface area contributed by atoms with Crippen LogP contribution in [0, 0.1) is 12.7 Å². The first-order valence-electron chi connectivity index (χ1n) is 4.68. The summed E-state index contributed by atoms with van der Waals surface area (Å²) >= 11 is 5.98. The van der Waals surface area contributed by atoms with Gasteiger partial charge in [-0.2, -0.15) is 0 Å². The molecule has 1 N–H and O–H groups in total. The average molecular weight is 216 g/mol. The molecule has 0 aliphatic carbocycles. The highest BCUT2D eigenvalue weighted by Gasteiger charge is 2.05. The normalized spacial score (nSPS) is 11.0. The summed E-state index contributed by atoms with van der Waals surface area (Å²) < 4.78 is 13.2. The minimum Gasteiger partial charge on any atom is -0.310 e. The molecule has 0 unspecified atom stereocenters. The van der Waals surface area contributed by atoms with Crippen molar-refractivity contribution in [1.29, 1.82) is 0 Å². The van der Waals surface area contributed by atoms with Gasteiger partial charge < -0.3 is 5.32 Å². The van der Waals surface area contributed by atoms with Crippen molar-refractivity contribution in [2.75, 3.05) is 0 Å². The Morgan fingerprint density at radius 2 is 2.07 bits per heavy atom. The summed E-state index contributed by atoms with van der Waals surface area (Å²) in [7, 11) is 0. The fourth-order valence-corrected chi connectivity index (χ4v) is 1.42. The van der Waals surface area contributed by atoms with E-state index in [-0.39, 0.29) is 5.82 Å². The van der Waals surface area contributed by atoms with Crippen molar-refractivity contribution in [3.8, 4) is 0 Å². The lowest BCUT2D eigenvalue weighted by atomic mass is 10.1. The molecule has 1 aromatic carbocycles. The highest BCUT2D eigenvalue weighted by molar-refractivity contribution is 6.31. The van der Waals surface area contributed by atoms with Gasteiger partial charge in [-0.3, -0.25) is 0 Å². The summed E-state index contributed by atoms with van der Waals surface area (Å²) in [5.41, 5.74) is 1.40. The predicted molar refractivity (Wildman–Crippen MR) is 58.1 cm³/mol. The van der Waals surface area contributed by atoms with Crippen molar-refractivity contribution in [1.82, 2.24) is 5.32 Å². The van der Waals surface area contributed by atoms with Crippen LogP contribution in [0.5, 0.6) is 0 Å². The van der Waals surface area contributed by atoms with Gasteiger partial charge in [0.2, 0.25) is 0 Å². The molecule has 0 aromatic heterocycles. The molecule has 0 radical (unpaired) electrons. The van der Waals surface area contributed by atoms with Gasteiger partial charge in [0, 0.05) is 17.6 Å². The maximum atomic E-state index is 13.2. The molecule has 78 valence electrons. The van der Waals surface area contributed by atoms with Crippen LogP contribution in [0.15, 0.2) is 12.1 Å². The van der Waals surface area contributed by atoms with Gasteiger partial charge in [0.25, 0.3) is 0 Å². The maximum Gasteiger partial charge on any atom is 0.126 e. The lowest BCUT2D eigenvalue weighted by Crippen LogP contribution is -2.22. The number of rotatable bonds is 3. The molecule has 14 heavy (non-hydrogen) atoms. The summed E-state index contributed by atoms with van der Waals surface area (Å²) in [6.07, 6.45) is 0. The minimum atomic E-state index is -0.199. The summed E-state index contributed by atoms with van der Waals surface area (Å²) in [5, 5.41) is 3.82. The number of halogens is 2. The van der Waals surface area contributed by atoms with Crippen LogP contribution in [0.3, 0.4) is 0 Å². The molecular formula is C11H15ClFN. The van der Waals surface area contributed by atoms with Gasteiger partial charge in [0.05, 0.1) is 0 Å². The molecule has 1 rings (SSSR count). The monoisotopic (exact) mass is 215 g/mol. The van der Waals surface area contributed by atoms with E-state index >= 15 is 0 Å². The molecule has 0 atom stereocenters. The van der Waals surface area contributed by atoms with Gasteiger partial charge in [0.15, 0.2) is 0 Å². The Morgan fingerprint density at radius 1 is 1.43 bits per heavy atom. The minimum absolute atomic E-state index is 0.199. The van der Waals surface area contributed by atoms with Gasteiger partial charge in [0.1, 0.15) is 5.82 Å². The summed E-state index contributed by atoms with van der Waals surface area (Å²) in [4.78, 5) is 0. The highest BCUT2D eigenvalue weighted by atomic mass is 35.5. The third kappa shape index (κ3) is 2.96. The van der Waals surface area contributed by atoms with Crippen molar-refractivity contribution in [3.63, 3.8) is 0 Å². The van der Waals surface area contributed by atoms with Crippen molar-refractivity contribution in [2.24, 2.45) is 0 Å². The van der Waals surface area contributed by atoms with Crippen LogP contribution in [-0.4, -0.2) is 6.04 Å². The van der Waals surface area contributed by atoms with Gasteiger partial charge in [-0.05, 0) is 30.2 Å². The molecule has 0 amide bonds. The highest BCUT2D eigenvalue weighted by Crippen LogP contribution is 2.20. The molecule has 0 heterocycles. The fourth-order valence-electron chi connectivity index (χ4n) is 1.14. The second kappa shape index (κ2) is 4.76. The van der Waals surface area contributed by atoms with Crippen LogP contribution in [0.2, 0.25) is 5.02 Å². The topological polar surface area (TPSA) is 12.0 Å². The Labute approximate surface area is 89.3 Å². The van der Waals surface area contributed by atoms with E-state index in [9.17, 15) is 4.39 Å². The lowest BCUT2D eigenvalue weighted by molar-refractivity contribution is 0.579.